The summed E-state index contributed by atoms with van der Waals surface area (Å²) < 4.78 is 1.18. The summed E-state index contributed by atoms with van der Waals surface area (Å²) in [6.07, 6.45) is 5.09. The number of benzene rings is 1. The van der Waals surface area contributed by atoms with Crippen LogP contribution in [0.25, 0.3) is 0 Å². The molecule has 118 valence electrons. The highest BCUT2D eigenvalue weighted by atomic mass is 79.9. The van der Waals surface area contributed by atoms with Crippen molar-refractivity contribution in [1.29, 1.82) is 0 Å². The fourth-order valence-corrected chi connectivity index (χ4v) is 3.45. The van der Waals surface area contributed by atoms with E-state index in [0.29, 0.717) is 5.41 Å². The van der Waals surface area contributed by atoms with Crippen LogP contribution in [0.1, 0.15) is 52.0 Å². The monoisotopic (exact) mass is 352 g/mol. The molecule has 0 amide bonds. The van der Waals surface area contributed by atoms with Gasteiger partial charge in [0.25, 0.3) is 0 Å². The Hall–Kier alpha value is -0.540. The number of hydrogen-bond donors (Lipinski definition) is 1. The molecule has 0 aliphatic carbocycles. The first-order valence-electron chi connectivity index (χ1n) is 8.32. The van der Waals surface area contributed by atoms with Gasteiger partial charge in [-0.1, -0.05) is 43.1 Å². The first kappa shape index (κ1) is 16.8. The van der Waals surface area contributed by atoms with Crippen molar-refractivity contribution in [1.82, 2.24) is 5.32 Å². The van der Waals surface area contributed by atoms with Crippen molar-refractivity contribution in [3.63, 3.8) is 0 Å². The molecule has 1 saturated heterocycles. The SMILES string of the molecule is CCCNCc1cc(Br)ccc1N1CCC(C)(CC)CC1. The van der Waals surface area contributed by atoms with Crippen LogP contribution in [0.4, 0.5) is 5.69 Å². The second-order valence-corrected chi connectivity index (χ2v) is 7.52. The largest absolute Gasteiger partial charge is 0.371 e. The van der Waals surface area contributed by atoms with Gasteiger partial charge in [-0.05, 0) is 55.0 Å². The summed E-state index contributed by atoms with van der Waals surface area (Å²) in [7, 11) is 0. The van der Waals surface area contributed by atoms with Gasteiger partial charge in [0.15, 0.2) is 0 Å². The lowest BCUT2D eigenvalue weighted by atomic mass is 9.78. The highest BCUT2D eigenvalue weighted by molar-refractivity contribution is 9.10. The third kappa shape index (κ3) is 4.46. The van der Waals surface area contributed by atoms with Crippen LogP contribution in [0.3, 0.4) is 0 Å². The quantitative estimate of drug-likeness (QED) is 0.727. The van der Waals surface area contributed by atoms with Crippen molar-refractivity contribution in [2.45, 2.75) is 53.0 Å². The molecular weight excluding hydrogens is 324 g/mol. The summed E-state index contributed by atoms with van der Waals surface area (Å²) in [6.45, 7) is 11.4. The average Bonchev–Trinajstić information content (AvgIpc) is 2.49. The van der Waals surface area contributed by atoms with E-state index in [1.165, 1.54) is 54.5 Å². The lowest BCUT2D eigenvalue weighted by Gasteiger charge is -2.40. The van der Waals surface area contributed by atoms with Gasteiger partial charge >= 0.3 is 0 Å². The Morgan fingerprint density at radius 3 is 2.57 bits per heavy atom. The number of nitrogens with zero attached hydrogens (tertiary/aromatic N) is 1. The lowest BCUT2D eigenvalue weighted by molar-refractivity contribution is 0.238. The fraction of sp³-hybridized carbons (Fsp3) is 0.667. The van der Waals surface area contributed by atoms with Crippen LogP contribution in [0.15, 0.2) is 22.7 Å². The van der Waals surface area contributed by atoms with Crippen LogP contribution < -0.4 is 10.2 Å². The number of nitrogens with one attached hydrogen (secondary N) is 1. The van der Waals surface area contributed by atoms with Gasteiger partial charge in [0.2, 0.25) is 0 Å². The molecule has 0 unspecified atom stereocenters. The zero-order valence-corrected chi connectivity index (χ0v) is 15.3. The molecule has 0 radical (unpaired) electrons. The molecule has 1 aliphatic rings. The third-order valence-corrected chi connectivity index (χ3v) is 5.44. The van der Waals surface area contributed by atoms with Crippen LogP contribution in [0.2, 0.25) is 0 Å². The minimum atomic E-state index is 0.548. The molecule has 21 heavy (non-hydrogen) atoms. The van der Waals surface area contributed by atoms with Crippen LogP contribution >= 0.6 is 15.9 Å². The van der Waals surface area contributed by atoms with Gasteiger partial charge in [-0.25, -0.2) is 0 Å². The highest BCUT2D eigenvalue weighted by Crippen LogP contribution is 2.36. The number of piperidine rings is 1. The molecule has 0 bridgehead atoms. The van der Waals surface area contributed by atoms with Gasteiger partial charge in [-0.2, -0.15) is 0 Å². The van der Waals surface area contributed by atoms with Crippen LogP contribution in [0, 0.1) is 5.41 Å². The zero-order valence-electron chi connectivity index (χ0n) is 13.7. The summed E-state index contributed by atoms with van der Waals surface area (Å²) in [5, 5.41) is 3.54. The van der Waals surface area contributed by atoms with Crippen LogP contribution in [-0.2, 0) is 6.54 Å². The molecule has 1 fully saturated rings. The van der Waals surface area contributed by atoms with Crippen molar-refractivity contribution >= 4 is 21.6 Å². The van der Waals surface area contributed by atoms with E-state index in [1.807, 2.05) is 0 Å². The normalized spacial score (nSPS) is 18.0. The Balaban J connectivity index is 2.08. The van der Waals surface area contributed by atoms with E-state index in [-0.39, 0.29) is 0 Å². The fourth-order valence-electron chi connectivity index (χ4n) is 3.05. The molecule has 1 N–H and O–H groups in total. The molecule has 3 heteroatoms. The highest BCUT2D eigenvalue weighted by Gasteiger charge is 2.28. The summed E-state index contributed by atoms with van der Waals surface area (Å²) >= 11 is 3.61. The Labute approximate surface area is 138 Å². The molecule has 2 rings (SSSR count). The first-order chi connectivity index (χ1) is 10.1. The molecule has 0 aromatic heterocycles. The van der Waals surface area contributed by atoms with Gasteiger partial charge in [0.05, 0.1) is 0 Å². The van der Waals surface area contributed by atoms with E-state index in [4.69, 9.17) is 0 Å². The van der Waals surface area contributed by atoms with E-state index >= 15 is 0 Å². The maximum Gasteiger partial charge on any atom is 0.0412 e. The van der Waals surface area contributed by atoms with Crippen molar-refractivity contribution in [3.05, 3.63) is 28.2 Å². The van der Waals surface area contributed by atoms with Gasteiger partial charge in [-0.3, -0.25) is 0 Å². The molecule has 2 nitrogen and oxygen atoms in total. The molecule has 1 heterocycles. The molecule has 1 aliphatic heterocycles. The van der Waals surface area contributed by atoms with Crippen LogP contribution in [-0.4, -0.2) is 19.6 Å². The maximum atomic E-state index is 3.61. The van der Waals surface area contributed by atoms with Gasteiger partial charge < -0.3 is 10.2 Å². The summed E-state index contributed by atoms with van der Waals surface area (Å²) in [5.41, 5.74) is 3.38. The Morgan fingerprint density at radius 2 is 1.95 bits per heavy atom. The van der Waals surface area contributed by atoms with Gasteiger partial charge in [0, 0.05) is 29.8 Å². The molecule has 1 aromatic rings. The maximum absolute atomic E-state index is 3.61. The van der Waals surface area contributed by atoms with Crippen molar-refractivity contribution in [3.8, 4) is 0 Å². The standard InChI is InChI=1S/C18H29BrN2/c1-4-10-20-14-15-13-16(19)6-7-17(15)21-11-8-18(3,5-2)9-12-21/h6-7,13,20H,4-5,8-12,14H2,1-3H3. The second-order valence-electron chi connectivity index (χ2n) is 6.60. The van der Waals surface area contributed by atoms with E-state index in [1.54, 1.807) is 0 Å². The predicted molar refractivity (Wildman–Crippen MR) is 96.0 cm³/mol. The van der Waals surface area contributed by atoms with E-state index in [9.17, 15) is 0 Å². The number of rotatable bonds is 6. The zero-order chi connectivity index (χ0) is 15.3. The molecular formula is C18H29BrN2. The third-order valence-electron chi connectivity index (χ3n) is 4.95. The number of anilines is 1. The van der Waals surface area contributed by atoms with E-state index in [0.717, 1.165) is 13.1 Å². The smallest absolute Gasteiger partial charge is 0.0412 e. The minimum Gasteiger partial charge on any atom is -0.371 e. The van der Waals surface area contributed by atoms with Gasteiger partial charge in [0.1, 0.15) is 0 Å². The summed E-state index contributed by atoms with van der Waals surface area (Å²) in [4.78, 5) is 2.58. The van der Waals surface area contributed by atoms with Crippen LogP contribution in [0.5, 0.6) is 0 Å². The van der Waals surface area contributed by atoms with Crippen molar-refractivity contribution < 1.29 is 0 Å². The predicted octanol–water partition coefficient (Wildman–Crippen LogP) is 4.97. The lowest BCUT2D eigenvalue weighted by Crippen LogP contribution is -2.39. The summed E-state index contributed by atoms with van der Waals surface area (Å²) in [5.74, 6) is 0. The second kappa shape index (κ2) is 7.64. The molecule has 1 aromatic carbocycles. The van der Waals surface area contributed by atoms with Crippen molar-refractivity contribution in [2.24, 2.45) is 5.41 Å². The van der Waals surface area contributed by atoms with E-state index in [2.05, 4.69) is 65.1 Å². The topological polar surface area (TPSA) is 15.3 Å². The first-order valence-corrected chi connectivity index (χ1v) is 9.11. The number of halogens is 1. The number of hydrogen-bond acceptors (Lipinski definition) is 2. The van der Waals surface area contributed by atoms with E-state index < -0.39 is 0 Å². The van der Waals surface area contributed by atoms with Gasteiger partial charge in [-0.15, -0.1) is 0 Å². The average molecular weight is 353 g/mol. The molecule has 0 spiro atoms. The summed E-state index contributed by atoms with van der Waals surface area (Å²) in [6, 6.07) is 6.72. The Bertz CT molecular complexity index is 451. The Morgan fingerprint density at radius 1 is 1.24 bits per heavy atom. The molecule has 0 atom stereocenters. The minimum absolute atomic E-state index is 0.548. The molecule has 0 saturated carbocycles. The van der Waals surface area contributed by atoms with Crippen molar-refractivity contribution in [2.75, 3.05) is 24.5 Å². The Kier molecular flexibility index (Phi) is 6.12.